The van der Waals surface area contributed by atoms with Crippen LogP contribution in [0, 0.1) is 23.7 Å². The van der Waals surface area contributed by atoms with Gasteiger partial charge in [0.1, 0.15) is 23.0 Å². The van der Waals surface area contributed by atoms with E-state index in [-0.39, 0.29) is 23.4 Å². The van der Waals surface area contributed by atoms with Crippen molar-refractivity contribution < 1.29 is 19.4 Å². The van der Waals surface area contributed by atoms with Crippen molar-refractivity contribution in [2.75, 3.05) is 0 Å². The Morgan fingerprint density at radius 2 is 1.62 bits per heavy atom. The fourth-order valence-corrected chi connectivity index (χ4v) is 6.10. The summed E-state index contributed by atoms with van der Waals surface area (Å²) in [6.45, 7) is 0. The average Bonchev–Trinajstić information content (AvgIpc) is 3.11. The Morgan fingerprint density at radius 3 is 2.24 bits per heavy atom. The van der Waals surface area contributed by atoms with E-state index < -0.39 is 0 Å². The summed E-state index contributed by atoms with van der Waals surface area (Å²) in [6, 6.07) is 8.01. The lowest BCUT2D eigenvalue weighted by molar-refractivity contribution is -0.120. The van der Waals surface area contributed by atoms with Gasteiger partial charge in [0.25, 0.3) is 5.91 Å². The van der Waals surface area contributed by atoms with Crippen LogP contribution >= 0.6 is 12.6 Å². The molecule has 6 rings (SSSR count). The van der Waals surface area contributed by atoms with Gasteiger partial charge in [-0.3, -0.25) is 4.79 Å². The number of phenols is 2. The molecule has 1 aromatic heterocycles. The summed E-state index contributed by atoms with van der Waals surface area (Å²) < 4.78 is 5.76. The quantitative estimate of drug-likeness (QED) is 0.439. The first-order chi connectivity index (χ1) is 13.9. The SMILES string of the molecule is O=C(NC1C2CC3CC(C2)CC1C3)/C(S)=C/c1ccc(-c2cc(O)cc(O)c2)o1. The highest BCUT2D eigenvalue weighted by Crippen LogP contribution is 2.53. The lowest BCUT2D eigenvalue weighted by Crippen LogP contribution is -2.55. The molecule has 0 saturated heterocycles. The maximum Gasteiger partial charge on any atom is 0.257 e. The van der Waals surface area contributed by atoms with Crippen LogP contribution in [0.5, 0.6) is 11.5 Å². The van der Waals surface area contributed by atoms with E-state index in [0.29, 0.717) is 33.8 Å². The fourth-order valence-electron chi connectivity index (χ4n) is 5.91. The normalized spacial score (nSPS) is 30.5. The molecule has 0 atom stereocenters. The number of benzene rings is 1. The van der Waals surface area contributed by atoms with Crippen LogP contribution in [0.2, 0.25) is 0 Å². The molecule has 4 aliphatic rings. The third-order valence-electron chi connectivity index (χ3n) is 6.85. The van der Waals surface area contributed by atoms with Crippen LogP contribution in [0.4, 0.5) is 0 Å². The van der Waals surface area contributed by atoms with Gasteiger partial charge >= 0.3 is 0 Å². The fraction of sp³-hybridized carbons (Fsp3) is 0.435. The third kappa shape index (κ3) is 3.66. The summed E-state index contributed by atoms with van der Waals surface area (Å²) in [5.41, 5.74) is 0.556. The second kappa shape index (κ2) is 7.17. The molecule has 6 heteroatoms. The highest BCUT2D eigenvalue weighted by molar-refractivity contribution is 7.85. The minimum Gasteiger partial charge on any atom is -0.508 e. The molecule has 4 bridgehead atoms. The first kappa shape index (κ1) is 18.7. The molecule has 0 unspecified atom stereocenters. The summed E-state index contributed by atoms with van der Waals surface area (Å²) in [7, 11) is 0. The van der Waals surface area contributed by atoms with Crippen LogP contribution in [-0.2, 0) is 4.79 Å². The lowest BCUT2D eigenvalue weighted by atomic mass is 9.54. The van der Waals surface area contributed by atoms with Gasteiger partial charge in [-0.25, -0.2) is 0 Å². The monoisotopic (exact) mass is 411 g/mol. The zero-order chi connectivity index (χ0) is 20.1. The van der Waals surface area contributed by atoms with E-state index in [1.54, 1.807) is 18.2 Å². The summed E-state index contributed by atoms with van der Waals surface area (Å²) in [5.74, 6) is 3.72. The molecule has 2 aromatic rings. The molecule has 1 heterocycles. The molecule has 0 spiro atoms. The summed E-state index contributed by atoms with van der Waals surface area (Å²) in [5, 5.41) is 22.5. The Kier molecular flexibility index (Phi) is 4.62. The van der Waals surface area contributed by atoms with Crippen molar-refractivity contribution in [3.8, 4) is 22.8 Å². The highest BCUT2D eigenvalue weighted by Gasteiger charge is 2.48. The maximum atomic E-state index is 12.7. The molecule has 4 aliphatic carbocycles. The van der Waals surface area contributed by atoms with Crippen LogP contribution in [-0.4, -0.2) is 22.2 Å². The van der Waals surface area contributed by atoms with Gasteiger partial charge in [-0.2, -0.15) is 0 Å². The molecule has 4 saturated carbocycles. The van der Waals surface area contributed by atoms with Crippen molar-refractivity contribution in [3.05, 3.63) is 41.0 Å². The van der Waals surface area contributed by atoms with Crippen LogP contribution in [0.15, 0.2) is 39.7 Å². The Bertz CT molecular complexity index is 931. The average molecular weight is 412 g/mol. The van der Waals surface area contributed by atoms with Gasteiger partial charge in [0.05, 0.1) is 4.91 Å². The van der Waals surface area contributed by atoms with E-state index in [9.17, 15) is 15.0 Å². The van der Waals surface area contributed by atoms with Gasteiger partial charge in [0, 0.05) is 17.7 Å². The Morgan fingerprint density at radius 1 is 1.00 bits per heavy atom. The number of nitrogens with one attached hydrogen (secondary N) is 1. The van der Waals surface area contributed by atoms with E-state index in [2.05, 4.69) is 17.9 Å². The van der Waals surface area contributed by atoms with Gasteiger partial charge in [-0.1, -0.05) is 0 Å². The zero-order valence-corrected chi connectivity index (χ0v) is 16.9. The molecular formula is C23H25NO4S. The molecule has 1 amide bonds. The van der Waals surface area contributed by atoms with Crippen molar-refractivity contribution in [1.29, 1.82) is 0 Å². The Balaban J connectivity index is 1.29. The smallest absolute Gasteiger partial charge is 0.257 e. The number of hydrogen-bond donors (Lipinski definition) is 4. The van der Waals surface area contributed by atoms with Crippen molar-refractivity contribution in [1.82, 2.24) is 5.32 Å². The van der Waals surface area contributed by atoms with Gasteiger partial charge in [0.2, 0.25) is 0 Å². The number of amides is 1. The van der Waals surface area contributed by atoms with Crippen molar-refractivity contribution in [2.24, 2.45) is 23.7 Å². The number of furan rings is 1. The van der Waals surface area contributed by atoms with E-state index >= 15 is 0 Å². The standard InChI is InChI=1S/C23H25NO4S/c25-17-8-14(9-18(26)10-17)20-2-1-19(28-20)11-21(29)23(27)24-22-15-4-12-3-13(6-15)7-16(22)5-12/h1-2,8-13,15-16,22,25-26,29H,3-7H2,(H,24,27)/b21-11-. The van der Waals surface area contributed by atoms with Gasteiger partial charge in [0.15, 0.2) is 0 Å². The minimum atomic E-state index is -0.154. The van der Waals surface area contributed by atoms with E-state index in [1.807, 2.05) is 0 Å². The molecule has 4 fully saturated rings. The molecule has 3 N–H and O–H groups in total. The van der Waals surface area contributed by atoms with Crippen LogP contribution in [0.1, 0.15) is 37.9 Å². The van der Waals surface area contributed by atoms with Crippen LogP contribution < -0.4 is 5.32 Å². The number of aromatic hydroxyl groups is 2. The van der Waals surface area contributed by atoms with Gasteiger partial charge in [-0.05, 0) is 86.1 Å². The number of rotatable bonds is 4. The predicted molar refractivity (Wildman–Crippen MR) is 113 cm³/mol. The molecule has 0 aliphatic heterocycles. The number of hydrogen-bond acceptors (Lipinski definition) is 5. The van der Waals surface area contributed by atoms with Crippen molar-refractivity contribution in [2.45, 2.75) is 38.1 Å². The summed E-state index contributed by atoms with van der Waals surface area (Å²) >= 11 is 4.41. The largest absolute Gasteiger partial charge is 0.508 e. The topological polar surface area (TPSA) is 82.7 Å². The van der Waals surface area contributed by atoms with Crippen LogP contribution in [0.25, 0.3) is 17.4 Å². The Labute approximate surface area is 175 Å². The third-order valence-corrected chi connectivity index (χ3v) is 7.18. The summed E-state index contributed by atoms with van der Waals surface area (Å²) in [6.07, 6.45) is 8.01. The number of phenolic OH excluding ortho intramolecular Hbond substituents is 2. The second-order valence-corrected chi connectivity index (χ2v) is 9.38. The van der Waals surface area contributed by atoms with Gasteiger partial charge in [-0.15, -0.1) is 12.6 Å². The van der Waals surface area contributed by atoms with E-state index in [4.69, 9.17) is 4.42 Å². The molecule has 29 heavy (non-hydrogen) atoms. The van der Waals surface area contributed by atoms with Gasteiger partial charge < -0.3 is 19.9 Å². The number of carbonyl (C=O) groups excluding carboxylic acids is 1. The molecule has 5 nitrogen and oxygen atoms in total. The molecule has 1 aromatic carbocycles. The molecule has 152 valence electrons. The second-order valence-electron chi connectivity index (χ2n) is 8.90. The first-order valence-electron chi connectivity index (χ1n) is 10.3. The predicted octanol–water partition coefficient (Wildman–Crippen LogP) is 4.57. The van der Waals surface area contributed by atoms with Crippen LogP contribution in [0.3, 0.4) is 0 Å². The molecular weight excluding hydrogens is 386 g/mol. The molecule has 0 radical (unpaired) electrons. The van der Waals surface area contributed by atoms with Crippen molar-refractivity contribution >= 4 is 24.6 Å². The lowest BCUT2D eigenvalue weighted by Gasteiger charge is -2.54. The highest BCUT2D eigenvalue weighted by atomic mass is 32.1. The van der Waals surface area contributed by atoms with E-state index in [1.165, 1.54) is 50.3 Å². The summed E-state index contributed by atoms with van der Waals surface area (Å²) in [4.78, 5) is 13.1. The minimum absolute atomic E-state index is 0.0431. The van der Waals surface area contributed by atoms with E-state index in [0.717, 1.165) is 11.8 Å². The Hall–Kier alpha value is -2.34. The zero-order valence-electron chi connectivity index (χ0n) is 16.0. The first-order valence-corrected chi connectivity index (χ1v) is 10.7. The number of thiol groups is 1. The maximum absolute atomic E-state index is 12.7. The van der Waals surface area contributed by atoms with Crippen molar-refractivity contribution in [3.63, 3.8) is 0 Å². The number of carbonyl (C=O) groups is 1.